The highest BCUT2D eigenvalue weighted by molar-refractivity contribution is 7.87. The summed E-state index contributed by atoms with van der Waals surface area (Å²) in [5.41, 5.74) is 0. The molecule has 0 aromatic rings. The van der Waals surface area contributed by atoms with Gasteiger partial charge in [0.15, 0.2) is 0 Å². The zero-order chi connectivity index (χ0) is 13.8. The second kappa shape index (κ2) is 6.49. The molecular formula is C11H22N2O4S. The van der Waals surface area contributed by atoms with Crippen molar-refractivity contribution in [2.24, 2.45) is 5.92 Å². The van der Waals surface area contributed by atoms with Gasteiger partial charge in [0.05, 0.1) is 0 Å². The number of carbonyl (C=O) groups is 1. The van der Waals surface area contributed by atoms with Gasteiger partial charge in [-0.15, -0.1) is 0 Å². The predicted molar refractivity (Wildman–Crippen MR) is 68.4 cm³/mol. The van der Waals surface area contributed by atoms with Crippen LogP contribution >= 0.6 is 0 Å². The molecule has 0 bridgehead atoms. The Kier molecular flexibility index (Phi) is 5.55. The third kappa shape index (κ3) is 4.22. The van der Waals surface area contributed by atoms with Crippen LogP contribution in [0.25, 0.3) is 0 Å². The molecule has 1 rings (SSSR count). The first kappa shape index (κ1) is 15.4. The van der Waals surface area contributed by atoms with Gasteiger partial charge < -0.3 is 5.11 Å². The number of hydrogen-bond donors (Lipinski definition) is 2. The standard InChI is InChI=1S/C11H22N2O4S/c1-9(2)6-7-12-18(16,17)13-8-4-3-5-10(13)11(14)15/h9-10,12H,3-8H2,1-2H3,(H,14,15). The average Bonchev–Trinajstić information content (AvgIpc) is 2.28. The van der Waals surface area contributed by atoms with E-state index in [0.29, 0.717) is 18.9 Å². The molecule has 7 heteroatoms. The summed E-state index contributed by atoms with van der Waals surface area (Å²) in [4.78, 5) is 11.1. The van der Waals surface area contributed by atoms with E-state index in [1.165, 1.54) is 0 Å². The van der Waals surface area contributed by atoms with Crippen molar-refractivity contribution < 1.29 is 18.3 Å². The topological polar surface area (TPSA) is 86.7 Å². The minimum absolute atomic E-state index is 0.286. The van der Waals surface area contributed by atoms with Gasteiger partial charge in [-0.1, -0.05) is 13.8 Å². The number of carboxylic acids is 1. The SMILES string of the molecule is CC(C)CCNS(=O)(=O)N1CCCCC1C(=O)O. The highest BCUT2D eigenvalue weighted by atomic mass is 32.2. The minimum Gasteiger partial charge on any atom is -0.480 e. The Morgan fingerprint density at radius 1 is 1.44 bits per heavy atom. The van der Waals surface area contributed by atoms with Gasteiger partial charge in [-0.25, -0.2) is 4.72 Å². The quantitative estimate of drug-likeness (QED) is 0.752. The number of nitrogens with zero attached hydrogens (tertiary/aromatic N) is 1. The van der Waals surface area contributed by atoms with Gasteiger partial charge in [0.25, 0.3) is 10.2 Å². The average molecular weight is 278 g/mol. The number of hydrogen-bond acceptors (Lipinski definition) is 3. The van der Waals surface area contributed by atoms with Crippen LogP contribution in [0.2, 0.25) is 0 Å². The zero-order valence-electron chi connectivity index (χ0n) is 10.9. The third-order valence-corrected chi connectivity index (χ3v) is 4.68. The number of nitrogens with one attached hydrogen (secondary N) is 1. The van der Waals surface area contributed by atoms with E-state index in [4.69, 9.17) is 5.11 Å². The summed E-state index contributed by atoms with van der Waals surface area (Å²) in [6, 6.07) is -0.921. The Bertz CT molecular complexity index is 381. The molecule has 0 aliphatic carbocycles. The molecule has 1 fully saturated rings. The monoisotopic (exact) mass is 278 g/mol. The summed E-state index contributed by atoms with van der Waals surface area (Å²) in [6.07, 6.45) is 2.61. The predicted octanol–water partition coefficient (Wildman–Crippen LogP) is 0.806. The Morgan fingerprint density at radius 3 is 2.67 bits per heavy atom. The molecule has 1 heterocycles. The highest BCUT2D eigenvalue weighted by Crippen LogP contribution is 2.19. The largest absolute Gasteiger partial charge is 0.480 e. The first-order chi connectivity index (χ1) is 8.34. The molecule has 1 unspecified atom stereocenters. The van der Waals surface area contributed by atoms with Crippen molar-refractivity contribution >= 4 is 16.2 Å². The Morgan fingerprint density at radius 2 is 2.11 bits per heavy atom. The van der Waals surface area contributed by atoms with Gasteiger partial charge in [-0.05, 0) is 31.6 Å². The lowest BCUT2D eigenvalue weighted by molar-refractivity contribution is -0.142. The molecule has 0 saturated carbocycles. The van der Waals surface area contributed by atoms with Crippen LogP contribution in [0.4, 0.5) is 0 Å². The van der Waals surface area contributed by atoms with Crippen LogP contribution in [0.3, 0.4) is 0 Å². The van der Waals surface area contributed by atoms with Gasteiger partial charge in [-0.3, -0.25) is 4.79 Å². The molecule has 18 heavy (non-hydrogen) atoms. The normalized spacial score (nSPS) is 22.3. The van der Waals surface area contributed by atoms with Gasteiger partial charge in [-0.2, -0.15) is 12.7 Å². The lowest BCUT2D eigenvalue weighted by atomic mass is 10.1. The molecule has 1 atom stereocenters. The summed E-state index contributed by atoms with van der Waals surface area (Å²) >= 11 is 0. The molecular weight excluding hydrogens is 256 g/mol. The summed E-state index contributed by atoms with van der Waals surface area (Å²) in [5, 5.41) is 9.05. The van der Waals surface area contributed by atoms with E-state index < -0.39 is 22.2 Å². The Labute approximate surface area is 109 Å². The van der Waals surface area contributed by atoms with Gasteiger partial charge >= 0.3 is 5.97 Å². The number of rotatable bonds is 6. The van der Waals surface area contributed by atoms with Gasteiger partial charge in [0.1, 0.15) is 6.04 Å². The Balaban J connectivity index is 2.66. The van der Waals surface area contributed by atoms with Crippen molar-refractivity contribution in [3.63, 3.8) is 0 Å². The van der Waals surface area contributed by atoms with E-state index in [0.717, 1.165) is 23.6 Å². The molecule has 6 nitrogen and oxygen atoms in total. The van der Waals surface area contributed by atoms with Crippen LogP contribution in [-0.2, 0) is 15.0 Å². The fourth-order valence-electron chi connectivity index (χ4n) is 2.00. The second-order valence-electron chi connectivity index (χ2n) is 5.04. The Hall–Kier alpha value is -0.660. The van der Waals surface area contributed by atoms with E-state index in [1.807, 2.05) is 13.8 Å². The van der Waals surface area contributed by atoms with Crippen LogP contribution in [0.5, 0.6) is 0 Å². The van der Waals surface area contributed by atoms with E-state index in [2.05, 4.69) is 4.72 Å². The van der Waals surface area contributed by atoms with Crippen molar-refractivity contribution in [1.29, 1.82) is 0 Å². The van der Waals surface area contributed by atoms with Crippen LogP contribution in [0, 0.1) is 5.92 Å². The third-order valence-electron chi connectivity index (χ3n) is 3.05. The molecule has 0 spiro atoms. The fourth-order valence-corrected chi connectivity index (χ4v) is 3.44. The molecule has 1 aliphatic heterocycles. The van der Waals surface area contributed by atoms with Crippen LogP contribution in [-0.4, -0.2) is 42.9 Å². The number of aliphatic carboxylic acids is 1. The molecule has 106 valence electrons. The summed E-state index contributed by atoms with van der Waals surface area (Å²) < 4.78 is 27.6. The van der Waals surface area contributed by atoms with E-state index in [9.17, 15) is 13.2 Å². The van der Waals surface area contributed by atoms with Crippen molar-refractivity contribution in [3.8, 4) is 0 Å². The molecule has 0 amide bonds. The van der Waals surface area contributed by atoms with Crippen molar-refractivity contribution in [2.45, 2.75) is 45.6 Å². The second-order valence-corrected chi connectivity index (χ2v) is 6.75. The lowest BCUT2D eigenvalue weighted by Crippen LogP contribution is -2.52. The van der Waals surface area contributed by atoms with Crippen LogP contribution in [0.15, 0.2) is 0 Å². The van der Waals surface area contributed by atoms with Gasteiger partial charge in [0, 0.05) is 13.1 Å². The summed E-state index contributed by atoms with van der Waals surface area (Å²) in [5.74, 6) is -0.659. The first-order valence-corrected chi connectivity index (χ1v) is 7.78. The summed E-state index contributed by atoms with van der Waals surface area (Å²) in [6.45, 7) is 4.65. The smallest absolute Gasteiger partial charge is 0.322 e. The van der Waals surface area contributed by atoms with Crippen molar-refractivity contribution in [1.82, 2.24) is 9.03 Å². The van der Waals surface area contributed by atoms with E-state index >= 15 is 0 Å². The minimum atomic E-state index is -3.67. The van der Waals surface area contributed by atoms with Crippen LogP contribution in [0.1, 0.15) is 39.5 Å². The molecule has 0 aromatic carbocycles. The molecule has 0 radical (unpaired) electrons. The molecule has 1 aliphatic rings. The van der Waals surface area contributed by atoms with Gasteiger partial charge in [0.2, 0.25) is 0 Å². The molecule has 2 N–H and O–H groups in total. The molecule has 0 aromatic heterocycles. The fraction of sp³-hybridized carbons (Fsp3) is 0.909. The first-order valence-electron chi connectivity index (χ1n) is 6.34. The maximum absolute atomic E-state index is 12.0. The maximum atomic E-state index is 12.0. The van der Waals surface area contributed by atoms with E-state index in [-0.39, 0.29) is 6.54 Å². The van der Waals surface area contributed by atoms with Crippen molar-refractivity contribution in [2.75, 3.05) is 13.1 Å². The van der Waals surface area contributed by atoms with Crippen LogP contribution < -0.4 is 4.72 Å². The number of carboxylic acid groups (broad SMARTS) is 1. The number of piperidine rings is 1. The molecule has 1 saturated heterocycles. The van der Waals surface area contributed by atoms with Crippen molar-refractivity contribution in [3.05, 3.63) is 0 Å². The highest BCUT2D eigenvalue weighted by Gasteiger charge is 2.36. The zero-order valence-corrected chi connectivity index (χ0v) is 11.7. The maximum Gasteiger partial charge on any atom is 0.322 e. The van der Waals surface area contributed by atoms with E-state index in [1.54, 1.807) is 0 Å². The summed E-state index contributed by atoms with van der Waals surface area (Å²) in [7, 11) is -3.67. The lowest BCUT2D eigenvalue weighted by Gasteiger charge is -2.31.